The topological polar surface area (TPSA) is 68.2 Å². The SMILES string of the molecule is CC(CCn1cccn1)Nc1ccc2c(c1)OCC(=O)N2. The van der Waals surface area contributed by atoms with Crippen LogP contribution in [0.4, 0.5) is 11.4 Å². The Hall–Kier alpha value is -2.50. The molecule has 21 heavy (non-hydrogen) atoms. The Kier molecular flexibility index (Phi) is 3.77. The summed E-state index contributed by atoms with van der Waals surface area (Å²) in [6, 6.07) is 7.95. The molecule has 1 aliphatic rings. The number of nitrogens with one attached hydrogen (secondary N) is 2. The number of amides is 1. The predicted octanol–water partition coefficient (Wildman–Crippen LogP) is 2.10. The third-order valence-electron chi connectivity index (χ3n) is 3.38. The number of anilines is 2. The second-order valence-corrected chi connectivity index (χ2v) is 5.15. The summed E-state index contributed by atoms with van der Waals surface area (Å²) in [5, 5.41) is 10.4. The summed E-state index contributed by atoms with van der Waals surface area (Å²) >= 11 is 0. The van der Waals surface area contributed by atoms with Crippen LogP contribution in [-0.2, 0) is 11.3 Å². The average molecular weight is 286 g/mol. The van der Waals surface area contributed by atoms with E-state index in [9.17, 15) is 4.79 Å². The van der Waals surface area contributed by atoms with E-state index in [-0.39, 0.29) is 12.5 Å². The summed E-state index contributed by atoms with van der Waals surface area (Å²) in [4.78, 5) is 11.2. The van der Waals surface area contributed by atoms with Crippen LogP contribution in [0.5, 0.6) is 5.75 Å². The summed E-state index contributed by atoms with van der Waals surface area (Å²) < 4.78 is 7.33. The molecule has 6 heteroatoms. The number of nitrogens with zero attached hydrogens (tertiary/aromatic N) is 2. The van der Waals surface area contributed by atoms with E-state index < -0.39 is 0 Å². The van der Waals surface area contributed by atoms with Gasteiger partial charge in [0.1, 0.15) is 5.75 Å². The molecule has 1 amide bonds. The normalized spacial score (nSPS) is 14.8. The summed E-state index contributed by atoms with van der Waals surface area (Å²) in [5.74, 6) is 0.592. The molecule has 1 aromatic carbocycles. The molecule has 110 valence electrons. The first-order chi connectivity index (χ1) is 10.2. The lowest BCUT2D eigenvalue weighted by atomic mass is 10.2. The highest BCUT2D eigenvalue weighted by Crippen LogP contribution is 2.30. The van der Waals surface area contributed by atoms with Crippen LogP contribution < -0.4 is 15.4 Å². The molecule has 0 saturated heterocycles. The van der Waals surface area contributed by atoms with Crippen molar-refractivity contribution in [1.29, 1.82) is 0 Å². The first-order valence-electron chi connectivity index (χ1n) is 7.01. The Morgan fingerprint density at radius 3 is 3.24 bits per heavy atom. The molecule has 0 saturated carbocycles. The second kappa shape index (κ2) is 5.87. The van der Waals surface area contributed by atoms with Gasteiger partial charge in [0.2, 0.25) is 0 Å². The molecule has 0 spiro atoms. The summed E-state index contributed by atoms with van der Waals surface area (Å²) in [6.45, 7) is 3.08. The average Bonchev–Trinajstić information content (AvgIpc) is 2.99. The fourth-order valence-electron chi connectivity index (χ4n) is 2.28. The molecule has 2 N–H and O–H groups in total. The van der Waals surface area contributed by atoms with Crippen molar-refractivity contribution in [1.82, 2.24) is 9.78 Å². The number of benzene rings is 1. The van der Waals surface area contributed by atoms with Crippen molar-refractivity contribution in [2.75, 3.05) is 17.2 Å². The molecule has 2 heterocycles. The third-order valence-corrected chi connectivity index (χ3v) is 3.38. The second-order valence-electron chi connectivity index (χ2n) is 5.15. The van der Waals surface area contributed by atoms with Gasteiger partial charge in [-0.1, -0.05) is 0 Å². The van der Waals surface area contributed by atoms with Crippen LogP contribution in [0.1, 0.15) is 13.3 Å². The maximum Gasteiger partial charge on any atom is 0.262 e. The van der Waals surface area contributed by atoms with Crippen LogP contribution in [0.2, 0.25) is 0 Å². The Labute approximate surface area is 123 Å². The Bertz CT molecular complexity index is 625. The largest absolute Gasteiger partial charge is 0.482 e. The van der Waals surface area contributed by atoms with Gasteiger partial charge in [0, 0.05) is 36.7 Å². The lowest BCUT2D eigenvalue weighted by molar-refractivity contribution is -0.118. The highest BCUT2D eigenvalue weighted by molar-refractivity contribution is 5.95. The van der Waals surface area contributed by atoms with Gasteiger partial charge in [0.15, 0.2) is 6.61 Å². The number of carbonyl (C=O) groups excluding carboxylic acids is 1. The van der Waals surface area contributed by atoms with Crippen molar-refractivity contribution >= 4 is 17.3 Å². The molecule has 1 aliphatic heterocycles. The monoisotopic (exact) mass is 286 g/mol. The van der Waals surface area contributed by atoms with E-state index in [1.165, 1.54) is 0 Å². The van der Waals surface area contributed by atoms with Crippen molar-refractivity contribution in [3.63, 3.8) is 0 Å². The number of hydrogen-bond donors (Lipinski definition) is 2. The number of fused-ring (bicyclic) bond motifs is 1. The van der Waals surface area contributed by atoms with E-state index in [1.807, 2.05) is 35.1 Å². The molecule has 0 aliphatic carbocycles. The van der Waals surface area contributed by atoms with Crippen LogP contribution in [0.3, 0.4) is 0 Å². The summed E-state index contributed by atoms with van der Waals surface area (Å²) in [5.41, 5.74) is 1.71. The third kappa shape index (κ3) is 3.34. The molecule has 1 unspecified atom stereocenters. The Balaban J connectivity index is 1.58. The molecule has 3 rings (SSSR count). The molecule has 0 bridgehead atoms. The van der Waals surface area contributed by atoms with Crippen molar-refractivity contribution in [2.45, 2.75) is 25.9 Å². The molecule has 2 aromatic rings. The van der Waals surface area contributed by atoms with Crippen LogP contribution in [0, 0.1) is 0 Å². The zero-order valence-electron chi connectivity index (χ0n) is 11.9. The summed E-state index contributed by atoms with van der Waals surface area (Å²) in [6.07, 6.45) is 4.71. The lowest BCUT2D eigenvalue weighted by Crippen LogP contribution is -2.25. The maximum absolute atomic E-state index is 11.2. The predicted molar refractivity (Wildman–Crippen MR) is 80.5 cm³/mol. The molecule has 1 atom stereocenters. The highest BCUT2D eigenvalue weighted by atomic mass is 16.5. The van der Waals surface area contributed by atoms with E-state index >= 15 is 0 Å². The number of aromatic nitrogens is 2. The zero-order valence-corrected chi connectivity index (χ0v) is 11.9. The molecule has 0 radical (unpaired) electrons. The van der Waals surface area contributed by atoms with E-state index in [1.54, 1.807) is 6.20 Å². The van der Waals surface area contributed by atoms with Gasteiger partial charge >= 0.3 is 0 Å². The highest BCUT2D eigenvalue weighted by Gasteiger charge is 2.16. The maximum atomic E-state index is 11.2. The zero-order chi connectivity index (χ0) is 14.7. The van der Waals surface area contributed by atoms with Crippen molar-refractivity contribution in [2.24, 2.45) is 0 Å². The molecular weight excluding hydrogens is 268 g/mol. The van der Waals surface area contributed by atoms with Crippen molar-refractivity contribution in [3.05, 3.63) is 36.7 Å². The van der Waals surface area contributed by atoms with Gasteiger partial charge in [-0.15, -0.1) is 0 Å². The Morgan fingerprint density at radius 2 is 2.43 bits per heavy atom. The van der Waals surface area contributed by atoms with Crippen LogP contribution in [0.25, 0.3) is 0 Å². The van der Waals surface area contributed by atoms with Gasteiger partial charge < -0.3 is 15.4 Å². The molecular formula is C15H18N4O2. The molecule has 1 aromatic heterocycles. The van der Waals surface area contributed by atoms with Gasteiger partial charge in [-0.3, -0.25) is 9.48 Å². The minimum atomic E-state index is -0.115. The Morgan fingerprint density at radius 1 is 1.52 bits per heavy atom. The molecule has 0 fully saturated rings. The minimum absolute atomic E-state index is 0.0747. The molecule has 6 nitrogen and oxygen atoms in total. The van der Waals surface area contributed by atoms with Crippen LogP contribution in [0.15, 0.2) is 36.7 Å². The van der Waals surface area contributed by atoms with E-state index in [0.29, 0.717) is 11.8 Å². The summed E-state index contributed by atoms with van der Waals surface area (Å²) in [7, 11) is 0. The van der Waals surface area contributed by atoms with Gasteiger partial charge in [-0.05, 0) is 31.5 Å². The lowest BCUT2D eigenvalue weighted by Gasteiger charge is -2.20. The van der Waals surface area contributed by atoms with E-state index in [0.717, 1.165) is 24.3 Å². The van der Waals surface area contributed by atoms with E-state index in [2.05, 4.69) is 22.7 Å². The van der Waals surface area contributed by atoms with Crippen molar-refractivity contribution in [3.8, 4) is 5.75 Å². The van der Waals surface area contributed by atoms with Crippen LogP contribution in [-0.4, -0.2) is 28.3 Å². The van der Waals surface area contributed by atoms with E-state index in [4.69, 9.17) is 4.74 Å². The fraction of sp³-hybridized carbons (Fsp3) is 0.333. The smallest absolute Gasteiger partial charge is 0.262 e. The fourth-order valence-corrected chi connectivity index (χ4v) is 2.28. The first-order valence-corrected chi connectivity index (χ1v) is 7.01. The van der Waals surface area contributed by atoms with Crippen LogP contribution >= 0.6 is 0 Å². The van der Waals surface area contributed by atoms with Gasteiger partial charge in [0.05, 0.1) is 5.69 Å². The standard InChI is InChI=1S/C15H18N4O2/c1-11(5-8-19-7-2-6-16-19)17-12-3-4-13-14(9-12)21-10-15(20)18-13/h2-4,6-7,9,11,17H,5,8,10H2,1H3,(H,18,20). The first kappa shape index (κ1) is 13.5. The number of rotatable bonds is 5. The van der Waals surface area contributed by atoms with Gasteiger partial charge in [-0.25, -0.2) is 0 Å². The number of ether oxygens (including phenoxy) is 1. The van der Waals surface area contributed by atoms with Gasteiger partial charge in [0.25, 0.3) is 5.91 Å². The quantitative estimate of drug-likeness (QED) is 0.883. The number of aryl methyl sites for hydroxylation is 1. The minimum Gasteiger partial charge on any atom is -0.482 e. The van der Waals surface area contributed by atoms with Crippen molar-refractivity contribution < 1.29 is 9.53 Å². The number of hydrogen-bond acceptors (Lipinski definition) is 4. The van der Waals surface area contributed by atoms with Gasteiger partial charge in [-0.2, -0.15) is 5.10 Å². The number of carbonyl (C=O) groups is 1.